The molecule has 1 aliphatic heterocycles. The van der Waals surface area contributed by atoms with Gasteiger partial charge in [-0.2, -0.15) is 0 Å². The summed E-state index contributed by atoms with van der Waals surface area (Å²) in [6, 6.07) is 0.896. The molecule has 0 unspecified atom stereocenters. The highest BCUT2D eigenvalue weighted by Gasteiger charge is 2.21. The summed E-state index contributed by atoms with van der Waals surface area (Å²) in [6.45, 7) is 3.76. The summed E-state index contributed by atoms with van der Waals surface area (Å²) in [6.07, 6.45) is 4.22. The quantitative estimate of drug-likeness (QED) is 0.733. The van der Waals surface area contributed by atoms with Crippen molar-refractivity contribution in [1.29, 1.82) is 0 Å². The monoisotopic (exact) mass is 212 g/mol. The van der Waals surface area contributed by atoms with Crippen LogP contribution in [0.5, 0.6) is 0 Å². The van der Waals surface area contributed by atoms with E-state index < -0.39 is 0 Å². The van der Waals surface area contributed by atoms with E-state index in [9.17, 15) is 0 Å². The first-order valence-corrected chi connectivity index (χ1v) is 4.39. The molecule has 2 aliphatic rings. The molecule has 0 radical (unpaired) electrons. The van der Waals surface area contributed by atoms with Crippen molar-refractivity contribution < 1.29 is 0 Å². The molecule has 0 amide bonds. The summed E-state index contributed by atoms with van der Waals surface area (Å²) in [7, 11) is 0. The van der Waals surface area contributed by atoms with Crippen molar-refractivity contribution in [3.63, 3.8) is 0 Å². The smallest absolute Gasteiger partial charge is 0.00682 e. The topological polar surface area (TPSA) is 24.1 Å². The lowest BCUT2D eigenvalue weighted by Crippen LogP contribution is -2.43. The molecule has 0 aromatic rings. The molecule has 4 heteroatoms. The van der Waals surface area contributed by atoms with Crippen molar-refractivity contribution in [2.75, 3.05) is 19.6 Å². The summed E-state index contributed by atoms with van der Waals surface area (Å²) in [5, 5.41) is 6.82. The van der Waals surface area contributed by atoms with Crippen molar-refractivity contribution in [1.82, 2.24) is 10.6 Å². The minimum absolute atomic E-state index is 0. The van der Waals surface area contributed by atoms with Gasteiger partial charge >= 0.3 is 0 Å². The van der Waals surface area contributed by atoms with E-state index in [1.807, 2.05) is 0 Å². The van der Waals surface area contributed by atoms with Gasteiger partial charge in [0.2, 0.25) is 0 Å². The lowest BCUT2D eigenvalue weighted by molar-refractivity contribution is 0.322. The summed E-state index contributed by atoms with van der Waals surface area (Å²) in [4.78, 5) is 0. The second kappa shape index (κ2) is 6.03. The van der Waals surface area contributed by atoms with E-state index >= 15 is 0 Å². The predicted molar refractivity (Wildman–Crippen MR) is 56.5 cm³/mol. The van der Waals surface area contributed by atoms with Gasteiger partial charge in [-0.1, -0.05) is 0 Å². The van der Waals surface area contributed by atoms with Crippen LogP contribution in [0.2, 0.25) is 0 Å². The molecular weight excluding hydrogens is 195 g/mol. The summed E-state index contributed by atoms with van der Waals surface area (Å²) < 4.78 is 0. The molecule has 0 atom stereocenters. The van der Waals surface area contributed by atoms with Gasteiger partial charge in [-0.25, -0.2) is 0 Å². The van der Waals surface area contributed by atoms with Gasteiger partial charge in [-0.3, -0.25) is 0 Å². The number of hydrogen-bond acceptors (Lipinski definition) is 2. The third kappa shape index (κ3) is 3.94. The van der Waals surface area contributed by atoms with Crippen LogP contribution in [-0.2, 0) is 0 Å². The molecule has 0 bridgehead atoms. The van der Waals surface area contributed by atoms with Crippen LogP contribution >= 0.6 is 24.8 Å². The normalized spacial score (nSPS) is 22.0. The van der Waals surface area contributed by atoms with Gasteiger partial charge in [0.15, 0.2) is 0 Å². The van der Waals surface area contributed by atoms with Gasteiger partial charge in [0, 0.05) is 6.04 Å². The van der Waals surface area contributed by atoms with E-state index in [4.69, 9.17) is 0 Å². The maximum Gasteiger partial charge on any atom is 0.00682 e. The molecule has 0 aromatic heterocycles. The van der Waals surface area contributed by atoms with Gasteiger partial charge in [0.1, 0.15) is 0 Å². The zero-order chi connectivity index (χ0) is 6.81. The minimum atomic E-state index is 0. The van der Waals surface area contributed by atoms with E-state index in [1.165, 1.54) is 38.9 Å². The van der Waals surface area contributed by atoms with Crippen molar-refractivity contribution >= 4 is 24.8 Å². The van der Waals surface area contributed by atoms with Crippen molar-refractivity contribution in [3.05, 3.63) is 0 Å². The van der Waals surface area contributed by atoms with Crippen molar-refractivity contribution in [2.45, 2.75) is 25.3 Å². The van der Waals surface area contributed by atoms with Crippen molar-refractivity contribution in [2.24, 2.45) is 5.92 Å². The van der Waals surface area contributed by atoms with Crippen LogP contribution in [-0.4, -0.2) is 25.7 Å². The van der Waals surface area contributed by atoms with Crippen LogP contribution in [0.3, 0.4) is 0 Å². The van der Waals surface area contributed by atoms with Gasteiger partial charge in [-0.15, -0.1) is 24.8 Å². The maximum atomic E-state index is 3.53. The zero-order valence-corrected chi connectivity index (χ0v) is 8.85. The molecule has 0 aromatic carbocycles. The largest absolute Gasteiger partial charge is 0.316 e. The molecular formula is C8H18Cl2N2. The molecule has 1 saturated heterocycles. The van der Waals surface area contributed by atoms with Crippen LogP contribution in [0, 0.1) is 5.92 Å². The fourth-order valence-electron chi connectivity index (χ4n) is 1.33. The van der Waals surface area contributed by atoms with Crippen LogP contribution in [0.25, 0.3) is 0 Å². The Labute approximate surface area is 86.7 Å². The number of nitrogens with one attached hydrogen (secondary N) is 2. The molecule has 2 nitrogen and oxygen atoms in total. The molecule has 2 rings (SSSR count). The first kappa shape index (κ1) is 12.5. The number of rotatable bonds is 4. The van der Waals surface area contributed by atoms with Gasteiger partial charge in [-0.05, 0) is 44.8 Å². The van der Waals surface area contributed by atoms with E-state index in [0.717, 1.165) is 12.0 Å². The van der Waals surface area contributed by atoms with Crippen molar-refractivity contribution in [3.8, 4) is 0 Å². The summed E-state index contributed by atoms with van der Waals surface area (Å²) >= 11 is 0. The molecule has 1 aliphatic carbocycles. The second-order valence-electron chi connectivity index (χ2n) is 3.54. The molecule has 0 spiro atoms. The van der Waals surface area contributed by atoms with Gasteiger partial charge in [0.05, 0.1) is 0 Å². The SMILES string of the molecule is C(CC1CNC1)NC1CC1.Cl.Cl. The molecule has 12 heavy (non-hydrogen) atoms. The Morgan fingerprint density at radius 3 is 2.25 bits per heavy atom. The fourth-order valence-corrected chi connectivity index (χ4v) is 1.33. The van der Waals surface area contributed by atoms with E-state index in [-0.39, 0.29) is 24.8 Å². The highest BCUT2D eigenvalue weighted by molar-refractivity contribution is 5.85. The Morgan fingerprint density at radius 1 is 1.17 bits per heavy atom. The highest BCUT2D eigenvalue weighted by Crippen LogP contribution is 2.18. The molecule has 1 saturated carbocycles. The van der Waals surface area contributed by atoms with E-state index in [0.29, 0.717) is 0 Å². The Morgan fingerprint density at radius 2 is 1.83 bits per heavy atom. The van der Waals surface area contributed by atoms with E-state index in [1.54, 1.807) is 0 Å². The zero-order valence-electron chi connectivity index (χ0n) is 7.21. The second-order valence-corrected chi connectivity index (χ2v) is 3.54. The van der Waals surface area contributed by atoms with E-state index in [2.05, 4.69) is 10.6 Å². The first-order chi connectivity index (χ1) is 4.95. The minimum Gasteiger partial charge on any atom is -0.316 e. The van der Waals surface area contributed by atoms with Gasteiger partial charge in [0.25, 0.3) is 0 Å². The van der Waals surface area contributed by atoms with Crippen LogP contribution in [0.4, 0.5) is 0 Å². The van der Waals surface area contributed by atoms with Crippen LogP contribution in [0.15, 0.2) is 0 Å². The lowest BCUT2D eigenvalue weighted by atomic mass is 10.00. The maximum absolute atomic E-state index is 3.53. The number of hydrogen-bond donors (Lipinski definition) is 2. The Bertz CT molecular complexity index is 114. The molecule has 2 N–H and O–H groups in total. The average molecular weight is 213 g/mol. The Hall–Kier alpha value is 0.500. The van der Waals surface area contributed by atoms with Crippen LogP contribution < -0.4 is 10.6 Å². The summed E-state index contributed by atoms with van der Waals surface area (Å²) in [5.41, 5.74) is 0. The number of halogens is 2. The average Bonchev–Trinajstić information content (AvgIpc) is 2.58. The molecule has 74 valence electrons. The van der Waals surface area contributed by atoms with Gasteiger partial charge < -0.3 is 10.6 Å². The molecule has 2 fully saturated rings. The predicted octanol–water partition coefficient (Wildman–Crippen LogP) is 1.19. The highest BCUT2D eigenvalue weighted by atomic mass is 35.5. The lowest BCUT2D eigenvalue weighted by Gasteiger charge is -2.26. The van der Waals surface area contributed by atoms with Crippen LogP contribution in [0.1, 0.15) is 19.3 Å². The Balaban J connectivity index is 0.000000605. The standard InChI is InChI=1S/C8H16N2.2ClH/c1-2-8(1)10-4-3-7-5-9-6-7;;/h7-10H,1-6H2;2*1H. The third-order valence-corrected chi connectivity index (χ3v) is 2.43. The Kier molecular flexibility index (Phi) is 6.28. The molecule has 1 heterocycles. The third-order valence-electron chi connectivity index (χ3n) is 2.43. The summed E-state index contributed by atoms with van der Waals surface area (Å²) in [5.74, 6) is 0.978. The first-order valence-electron chi connectivity index (χ1n) is 4.39. The fraction of sp³-hybridized carbons (Fsp3) is 1.00.